The fourth-order valence-corrected chi connectivity index (χ4v) is 5.91. The highest BCUT2D eigenvalue weighted by Crippen LogP contribution is 2.45. The highest BCUT2D eigenvalue weighted by Gasteiger charge is 2.56. The van der Waals surface area contributed by atoms with Gasteiger partial charge >= 0.3 is 12.1 Å². The molecule has 0 aromatic heterocycles. The van der Waals surface area contributed by atoms with Crippen molar-refractivity contribution in [2.24, 2.45) is 11.8 Å². The second-order valence-electron chi connectivity index (χ2n) is 10.1. The summed E-state index contributed by atoms with van der Waals surface area (Å²) in [5, 5.41) is 12.4. The maximum atomic E-state index is 13.2. The number of amides is 2. The monoisotopic (exact) mass is 476 g/mol. The van der Waals surface area contributed by atoms with Crippen LogP contribution >= 0.6 is 0 Å². The Balaban J connectivity index is 1.19. The predicted molar refractivity (Wildman–Crippen MR) is 131 cm³/mol. The lowest BCUT2D eigenvalue weighted by molar-refractivity contribution is -0.154. The van der Waals surface area contributed by atoms with Crippen molar-refractivity contribution in [3.63, 3.8) is 0 Å². The van der Waals surface area contributed by atoms with Crippen LogP contribution in [0.5, 0.6) is 0 Å². The molecule has 0 radical (unpaired) electrons. The molecular weight excluding hydrogens is 444 g/mol. The van der Waals surface area contributed by atoms with Crippen LogP contribution in [0.3, 0.4) is 0 Å². The van der Waals surface area contributed by atoms with Gasteiger partial charge in [-0.1, -0.05) is 61.4 Å². The fraction of sp³-hybridized carbons (Fsp3) is 0.464. The van der Waals surface area contributed by atoms with E-state index in [1.165, 1.54) is 16.0 Å². The summed E-state index contributed by atoms with van der Waals surface area (Å²) in [5.41, 5.74) is 3.64. The van der Waals surface area contributed by atoms with E-state index in [-0.39, 0.29) is 30.3 Å². The number of carboxylic acids is 1. The molecule has 2 N–H and O–H groups in total. The number of carbonyl (C=O) groups is 3. The van der Waals surface area contributed by atoms with Crippen LogP contribution in [-0.4, -0.2) is 53.7 Å². The van der Waals surface area contributed by atoms with Gasteiger partial charge in [0.25, 0.3) is 0 Å². The first-order valence-corrected chi connectivity index (χ1v) is 12.5. The maximum Gasteiger partial charge on any atom is 0.407 e. The van der Waals surface area contributed by atoms with Crippen LogP contribution in [-0.2, 0) is 14.3 Å². The highest BCUT2D eigenvalue weighted by molar-refractivity contribution is 5.90. The van der Waals surface area contributed by atoms with E-state index in [9.17, 15) is 19.5 Å². The number of alkyl carbamates (subject to hydrolysis) is 1. The van der Waals surface area contributed by atoms with E-state index in [1.807, 2.05) is 24.3 Å². The third-order valence-corrected chi connectivity index (χ3v) is 8.17. The lowest BCUT2D eigenvalue weighted by Gasteiger charge is -2.35. The molecule has 0 unspecified atom stereocenters. The molecule has 35 heavy (non-hydrogen) atoms. The van der Waals surface area contributed by atoms with E-state index in [0.29, 0.717) is 19.4 Å². The van der Waals surface area contributed by atoms with Gasteiger partial charge < -0.3 is 20.1 Å². The van der Waals surface area contributed by atoms with Crippen LogP contribution in [0.1, 0.15) is 55.6 Å². The number of ether oxygens (including phenoxy) is 1. The molecule has 2 atom stereocenters. The molecule has 7 heteroatoms. The number of nitrogens with one attached hydrogen (secondary N) is 1. The van der Waals surface area contributed by atoms with Crippen LogP contribution < -0.4 is 5.32 Å². The summed E-state index contributed by atoms with van der Waals surface area (Å²) < 4.78 is 5.65. The zero-order valence-corrected chi connectivity index (χ0v) is 20.0. The van der Waals surface area contributed by atoms with Gasteiger partial charge in [0.1, 0.15) is 12.1 Å². The molecule has 0 bridgehead atoms. The standard InChI is InChI=1S/C28H32N2O5/c1-30(28(14-15-28)26(32)33)25(31)19-9-3-2-8-18(19)16-29-27(34)35-17-24-22-12-6-4-10-20(22)21-11-5-7-13-23(21)24/h4-7,10-13,18-19,24H,2-3,8-9,14-17H2,1H3,(H,29,34)(H,32,33)/t18-,19-/m1/s1. The molecule has 0 heterocycles. The molecule has 184 valence electrons. The Morgan fingerprint density at radius 2 is 1.60 bits per heavy atom. The second-order valence-corrected chi connectivity index (χ2v) is 10.1. The summed E-state index contributed by atoms with van der Waals surface area (Å²) in [7, 11) is 1.61. The minimum absolute atomic E-state index is 0.00319. The molecule has 3 aliphatic carbocycles. The third-order valence-electron chi connectivity index (χ3n) is 8.17. The minimum Gasteiger partial charge on any atom is -0.479 e. The predicted octanol–water partition coefficient (Wildman–Crippen LogP) is 4.41. The van der Waals surface area contributed by atoms with E-state index >= 15 is 0 Å². The maximum absolute atomic E-state index is 13.2. The van der Waals surface area contributed by atoms with Crippen LogP contribution in [0.2, 0.25) is 0 Å². The summed E-state index contributed by atoms with van der Waals surface area (Å²) in [6.07, 6.45) is 3.99. The van der Waals surface area contributed by atoms with Crippen molar-refractivity contribution in [1.82, 2.24) is 10.2 Å². The molecule has 7 nitrogen and oxygen atoms in total. The first-order chi connectivity index (χ1) is 16.9. The van der Waals surface area contributed by atoms with E-state index in [0.717, 1.165) is 36.8 Å². The minimum atomic E-state index is -1.04. The molecule has 2 saturated carbocycles. The average Bonchev–Trinajstić information content (AvgIpc) is 3.64. The lowest BCUT2D eigenvalue weighted by Crippen LogP contribution is -2.50. The van der Waals surface area contributed by atoms with Gasteiger partial charge in [-0.2, -0.15) is 0 Å². The molecular formula is C28H32N2O5. The molecule has 2 aromatic rings. The summed E-state index contributed by atoms with van der Waals surface area (Å²) >= 11 is 0. The van der Waals surface area contributed by atoms with Crippen molar-refractivity contribution in [2.45, 2.75) is 50.0 Å². The van der Waals surface area contributed by atoms with Crippen molar-refractivity contribution in [2.75, 3.05) is 20.2 Å². The normalized spacial score (nSPS) is 22.0. The fourth-order valence-electron chi connectivity index (χ4n) is 5.91. The Labute approximate surface area is 205 Å². The summed E-state index contributed by atoms with van der Waals surface area (Å²) in [6, 6.07) is 16.4. The smallest absolute Gasteiger partial charge is 0.407 e. The summed E-state index contributed by atoms with van der Waals surface area (Å²) in [6.45, 7) is 0.595. The van der Waals surface area contributed by atoms with E-state index in [1.54, 1.807) is 7.05 Å². The molecule has 0 spiro atoms. The topological polar surface area (TPSA) is 95.9 Å². The van der Waals surface area contributed by atoms with Crippen molar-refractivity contribution < 1.29 is 24.2 Å². The number of carboxylic acid groups (broad SMARTS) is 1. The number of aliphatic carboxylic acids is 1. The number of hydrogen-bond acceptors (Lipinski definition) is 4. The number of fused-ring (bicyclic) bond motifs is 3. The lowest BCUT2D eigenvalue weighted by atomic mass is 9.78. The molecule has 5 rings (SSSR count). The first-order valence-electron chi connectivity index (χ1n) is 12.5. The van der Waals surface area contributed by atoms with Gasteiger partial charge in [-0.15, -0.1) is 0 Å². The van der Waals surface area contributed by atoms with Crippen LogP contribution in [0, 0.1) is 11.8 Å². The number of carbonyl (C=O) groups excluding carboxylic acids is 2. The SMILES string of the molecule is CN(C(=O)[C@@H]1CCCC[C@@H]1CNC(=O)OCC1c2ccccc2-c2ccccc21)C1(C(=O)O)CC1. The quantitative estimate of drug-likeness (QED) is 0.617. The Hall–Kier alpha value is -3.35. The van der Waals surface area contributed by atoms with Gasteiger partial charge in [-0.3, -0.25) is 4.79 Å². The number of likely N-dealkylation sites (N-methyl/N-ethyl adjacent to an activating group) is 1. The average molecular weight is 477 g/mol. The largest absolute Gasteiger partial charge is 0.479 e. The van der Waals surface area contributed by atoms with Crippen molar-refractivity contribution in [3.05, 3.63) is 59.7 Å². The van der Waals surface area contributed by atoms with Crippen molar-refractivity contribution >= 4 is 18.0 Å². The number of hydrogen-bond donors (Lipinski definition) is 2. The van der Waals surface area contributed by atoms with Gasteiger partial charge in [0.05, 0.1) is 0 Å². The molecule has 0 aliphatic heterocycles. The highest BCUT2D eigenvalue weighted by atomic mass is 16.5. The first kappa shape index (κ1) is 23.4. The number of rotatable bonds is 7. The van der Waals surface area contributed by atoms with Gasteiger partial charge in [-0.05, 0) is 53.9 Å². The van der Waals surface area contributed by atoms with Crippen LogP contribution in [0.25, 0.3) is 11.1 Å². The van der Waals surface area contributed by atoms with Crippen molar-refractivity contribution in [3.8, 4) is 11.1 Å². The Kier molecular flexibility index (Phi) is 6.26. The summed E-state index contributed by atoms with van der Waals surface area (Å²) in [5.74, 6) is -1.36. The Morgan fingerprint density at radius 3 is 2.20 bits per heavy atom. The van der Waals surface area contributed by atoms with Gasteiger partial charge in [0.15, 0.2) is 0 Å². The van der Waals surface area contributed by atoms with E-state index in [2.05, 4.69) is 29.6 Å². The number of benzene rings is 2. The van der Waals surface area contributed by atoms with Gasteiger partial charge in [-0.25, -0.2) is 9.59 Å². The van der Waals surface area contributed by atoms with E-state index < -0.39 is 17.6 Å². The Morgan fingerprint density at radius 1 is 1.00 bits per heavy atom. The zero-order chi connectivity index (χ0) is 24.6. The zero-order valence-electron chi connectivity index (χ0n) is 20.0. The Bertz CT molecular complexity index is 1100. The molecule has 2 fully saturated rings. The molecule has 2 aromatic carbocycles. The van der Waals surface area contributed by atoms with Crippen molar-refractivity contribution in [1.29, 1.82) is 0 Å². The van der Waals surface area contributed by atoms with Crippen LogP contribution in [0.4, 0.5) is 4.79 Å². The van der Waals surface area contributed by atoms with Gasteiger partial charge in [0.2, 0.25) is 5.91 Å². The molecule has 3 aliphatic rings. The number of nitrogens with zero attached hydrogens (tertiary/aromatic N) is 1. The third kappa shape index (κ3) is 4.28. The molecule has 0 saturated heterocycles. The van der Waals surface area contributed by atoms with Crippen LogP contribution in [0.15, 0.2) is 48.5 Å². The molecule has 2 amide bonds. The van der Waals surface area contributed by atoms with Gasteiger partial charge in [0, 0.05) is 25.4 Å². The second kappa shape index (κ2) is 9.36. The van der Waals surface area contributed by atoms with E-state index in [4.69, 9.17) is 4.74 Å². The summed E-state index contributed by atoms with van der Waals surface area (Å²) in [4.78, 5) is 38.9.